The second-order valence-electron chi connectivity index (χ2n) is 4.56. The number of fused-ring (bicyclic) bond motifs is 1. The molecular weight excluding hydrogens is 294 g/mol. The van der Waals surface area contributed by atoms with E-state index in [4.69, 9.17) is 0 Å². The number of aromatic nitrogens is 2. The van der Waals surface area contributed by atoms with Gasteiger partial charge < -0.3 is 5.32 Å². The monoisotopic (exact) mass is 311 g/mol. The van der Waals surface area contributed by atoms with Gasteiger partial charge in [0.15, 0.2) is 5.01 Å². The fourth-order valence-electron chi connectivity index (χ4n) is 2.23. The Morgan fingerprint density at radius 3 is 3.00 bits per heavy atom. The maximum absolute atomic E-state index is 4.38. The molecule has 102 valence electrons. The van der Waals surface area contributed by atoms with E-state index in [0.717, 1.165) is 22.2 Å². The van der Waals surface area contributed by atoms with Gasteiger partial charge in [-0.1, -0.05) is 18.3 Å². The van der Waals surface area contributed by atoms with Gasteiger partial charge >= 0.3 is 0 Å². The van der Waals surface area contributed by atoms with Crippen molar-refractivity contribution in [2.75, 3.05) is 12.8 Å². The van der Waals surface area contributed by atoms with Gasteiger partial charge in [-0.25, -0.2) is 0 Å². The number of hydrogen-bond donors (Lipinski definition) is 1. The Bertz CT molecular complexity index is 534. The molecule has 0 radical (unpaired) electrons. The third kappa shape index (κ3) is 2.72. The molecule has 0 saturated heterocycles. The summed E-state index contributed by atoms with van der Waals surface area (Å²) < 4.78 is 0. The maximum Gasteiger partial charge on any atom is 0.157 e. The van der Waals surface area contributed by atoms with Crippen LogP contribution in [0.5, 0.6) is 0 Å². The van der Waals surface area contributed by atoms with Gasteiger partial charge in [0.05, 0.1) is 10.9 Å². The van der Waals surface area contributed by atoms with E-state index in [0.29, 0.717) is 6.04 Å². The average Bonchev–Trinajstić information content (AvgIpc) is 3.06. The number of thioether (sulfide) groups is 1. The van der Waals surface area contributed by atoms with Crippen LogP contribution < -0.4 is 5.32 Å². The smallest absolute Gasteiger partial charge is 0.157 e. The van der Waals surface area contributed by atoms with Crippen LogP contribution in [-0.4, -0.2) is 23.0 Å². The zero-order valence-electron chi connectivity index (χ0n) is 11.1. The van der Waals surface area contributed by atoms with Crippen LogP contribution in [0, 0.1) is 0 Å². The second-order valence-corrected chi connectivity index (χ2v) is 7.81. The molecular formula is C13H17N3S3. The summed E-state index contributed by atoms with van der Waals surface area (Å²) in [5.41, 5.74) is 1.51. The zero-order valence-corrected chi connectivity index (χ0v) is 13.6. The van der Waals surface area contributed by atoms with E-state index in [-0.39, 0.29) is 0 Å². The van der Waals surface area contributed by atoms with E-state index in [1.807, 2.05) is 30.1 Å². The highest BCUT2D eigenvalue weighted by molar-refractivity contribution is 7.98. The summed E-state index contributed by atoms with van der Waals surface area (Å²) in [5.74, 6) is 2.41. The maximum atomic E-state index is 4.38. The number of thiophene rings is 1. The van der Waals surface area contributed by atoms with Crippen LogP contribution in [0.15, 0.2) is 6.07 Å². The molecule has 0 aliphatic carbocycles. The molecule has 0 saturated carbocycles. The summed E-state index contributed by atoms with van der Waals surface area (Å²) in [6.07, 6.45) is 2.26. The van der Waals surface area contributed by atoms with Gasteiger partial charge in [0.2, 0.25) is 0 Å². The number of nitrogens with zero attached hydrogens (tertiary/aromatic N) is 2. The van der Waals surface area contributed by atoms with Crippen LogP contribution in [0.2, 0.25) is 0 Å². The highest BCUT2D eigenvalue weighted by Gasteiger charge is 2.18. The molecule has 2 aromatic rings. The lowest BCUT2D eigenvalue weighted by molar-refractivity contribution is 0.568. The third-order valence-electron chi connectivity index (χ3n) is 3.33. The van der Waals surface area contributed by atoms with Crippen LogP contribution in [-0.2, 0) is 12.2 Å². The van der Waals surface area contributed by atoms with Crippen molar-refractivity contribution in [1.29, 1.82) is 0 Å². The zero-order chi connectivity index (χ0) is 13.2. The Hall–Kier alpha value is -0.430. The molecule has 1 unspecified atom stereocenters. The lowest BCUT2D eigenvalue weighted by Gasteiger charge is -2.08. The van der Waals surface area contributed by atoms with Crippen molar-refractivity contribution in [3.63, 3.8) is 0 Å². The van der Waals surface area contributed by atoms with Crippen molar-refractivity contribution < 1.29 is 0 Å². The minimum atomic E-state index is 0.330. The first-order chi connectivity index (χ1) is 9.31. The minimum Gasteiger partial charge on any atom is -0.311 e. The fraction of sp³-hybridized carbons (Fsp3) is 0.538. The van der Waals surface area contributed by atoms with Gasteiger partial charge in [-0.3, -0.25) is 0 Å². The van der Waals surface area contributed by atoms with Crippen molar-refractivity contribution in [2.24, 2.45) is 0 Å². The normalized spacial score (nSPS) is 16.3. The standard InChI is InChI=1S/C13H17N3S3/c1-3-9(14-2)12-15-16-13(19-12)11-6-8-7-17-5-4-10(8)18-11/h6,9,14H,3-5,7H2,1-2H3. The molecule has 3 nitrogen and oxygen atoms in total. The summed E-state index contributed by atoms with van der Waals surface area (Å²) in [5, 5.41) is 14.2. The van der Waals surface area contributed by atoms with E-state index in [1.165, 1.54) is 22.6 Å². The molecule has 3 heterocycles. The van der Waals surface area contributed by atoms with Crippen LogP contribution in [0.1, 0.15) is 34.8 Å². The second kappa shape index (κ2) is 5.91. The van der Waals surface area contributed by atoms with Crippen molar-refractivity contribution in [2.45, 2.75) is 31.6 Å². The number of nitrogens with one attached hydrogen (secondary N) is 1. The molecule has 1 aliphatic heterocycles. The lowest BCUT2D eigenvalue weighted by Crippen LogP contribution is -2.14. The van der Waals surface area contributed by atoms with Crippen molar-refractivity contribution in [3.05, 3.63) is 21.5 Å². The van der Waals surface area contributed by atoms with Gasteiger partial charge in [-0.2, -0.15) is 11.8 Å². The molecule has 6 heteroatoms. The van der Waals surface area contributed by atoms with Crippen molar-refractivity contribution >= 4 is 34.4 Å². The number of hydrogen-bond acceptors (Lipinski definition) is 6. The molecule has 3 rings (SSSR count). The first kappa shape index (κ1) is 13.5. The van der Waals surface area contributed by atoms with Gasteiger partial charge in [0.1, 0.15) is 5.01 Å². The van der Waals surface area contributed by atoms with Gasteiger partial charge in [0.25, 0.3) is 0 Å². The SMILES string of the molecule is CCC(NC)c1nnc(-c2cc3c(s2)CCSC3)s1. The third-order valence-corrected chi connectivity index (χ3v) is 6.79. The predicted molar refractivity (Wildman–Crippen MR) is 85.2 cm³/mol. The number of aryl methyl sites for hydroxylation is 1. The molecule has 19 heavy (non-hydrogen) atoms. The molecule has 1 atom stereocenters. The molecule has 0 fully saturated rings. The fourth-order valence-corrected chi connectivity index (χ4v) is 5.68. The highest BCUT2D eigenvalue weighted by Crippen LogP contribution is 2.38. The van der Waals surface area contributed by atoms with Crippen molar-refractivity contribution in [3.8, 4) is 9.88 Å². The topological polar surface area (TPSA) is 37.8 Å². The average molecular weight is 312 g/mol. The van der Waals surface area contributed by atoms with E-state index in [9.17, 15) is 0 Å². The van der Waals surface area contributed by atoms with Crippen LogP contribution in [0.3, 0.4) is 0 Å². The Morgan fingerprint density at radius 1 is 1.37 bits per heavy atom. The Kier molecular flexibility index (Phi) is 4.21. The summed E-state index contributed by atoms with van der Waals surface area (Å²) in [7, 11) is 1.98. The van der Waals surface area contributed by atoms with E-state index in [1.54, 1.807) is 16.2 Å². The first-order valence-corrected chi connectivity index (χ1v) is 9.31. The summed E-state index contributed by atoms with van der Waals surface area (Å²) in [6.45, 7) is 2.17. The van der Waals surface area contributed by atoms with Gasteiger partial charge in [-0.05, 0) is 37.3 Å². The molecule has 0 aromatic carbocycles. The van der Waals surface area contributed by atoms with Gasteiger partial charge in [-0.15, -0.1) is 21.5 Å². The van der Waals surface area contributed by atoms with Gasteiger partial charge in [0, 0.05) is 10.6 Å². The molecule has 0 amide bonds. The lowest BCUT2D eigenvalue weighted by atomic mass is 10.2. The molecule has 0 bridgehead atoms. The number of rotatable bonds is 4. The first-order valence-electron chi connectivity index (χ1n) is 6.52. The Balaban J connectivity index is 1.88. The molecule has 1 aliphatic rings. The van der Waals surface area contributed by atoms with Crippen molar-refractivity contribution in [1.82, 2.24) is 15.5 Å². The Labute approximate surface area is 125 Å². The molecule has 1 N–H and O–H groups in total. The molecule has 2 aromatic heterocycles. The quantitative estimate of drug-likeness (QED) is 0.934. The molecule has 0 spiro atoms. The van der Waals surface area contributed by atoms with E-state index >= 15 is 0 Å². The predicted octanol–water partition coefficient (Wildman–Crippen LogP) is 3.73. The summed E-state index contributed by atoms with van der Waals surface area (Å²) in [6, 6.07) is 2.65. The minimum absolute atomic E-state index is 0.330. The largest absolute Gasteiger partial charge is 0.311 e. The summed E-state index contributed by atoms with van der Waals surface area (Å²) in [4.78, 5) is 2.84. The highest BCUT2D eigenvalue weighted by atomic mass is 32.2. The van der Waals surface area contributed by atoms with E-state index in [2.05, 4.69) is 28.5 Å². The van der Waals surface area contributed by atoms with E-state index < -0.39 is 0 Å². The van der Waals surface area contributed by atoms with Crippen LogP contribution in [0.4, 0.5) is 0 Å². The Morgan fingerprint density at radius 2 is 2.26 bits per heavy atom. The summed E-state index contributed by atoms with van der Waals surface area (Å²) >= 11 is 5.66. The van der Waals surface area contributed by atoms with Crippen LogP contribution >= 0.6 is 34.4 Å². The van der Waals surface area contributed by atoms with Crippen LogP contribution in [0.25, 0.3) is 9.88 Å².